The van der Waals surface area contributed by atoms with Crippen molar-refractivity contribution in [1.29, 1.82) is 0 Å². The third-order valence-electron chi connectivity index (χ3n) is 1.99. The van der Waals surface area contributed by atoms with Gasteiger partial charge in [0.05, 0.1) is 6.61 Å². The molecule has 2 N–H and O–H groups in total. The number of carbonyl (C=O) groups is 1. The summed E-state index contributed by atoms with van der Waals surface area (Å²) in [6, 6.07) is 9.88. The molecule has 0 bridgehead atoms. The zero-order chi connectivity index (χ0) is 11.3. The fourth-order valence-electron chi connectivity index (χ4n) is 1.09. The van der Waals surface area contributed by atoms with E-state index in [-0.39, 0.29) is 5.97 Å². The average molecular weight is 207 g/mol. The van der Waals surface area contributed by atoms with Crippen molar-refractivity contribution in [3.8, 4) is 0 Å². The van der Waals surface area contributed by atoms with E-state index < -0.39 is 5.54 Å². The van der Waals surface area contributed by atoms with Crippen LogP contribution in [0.15, 0.2) is 30.3 Å². The van der Waals surface area contributed by atoms with Gasteiger partial charge in [-0.05, 0) is 19.4 Å². The summed E-state index contributed by atoms with van der Waals surface area (Å²) >= 11 is 0. The topological polar surface area (TPSA) is 52.3 Å². The van der Waals surface area contributed by atoms with Gasteiger partial charge < -0.3 is 10.5 Å². The van der Waals surface area contributed by atoms with Gasteiger partial charge in [0.25, 0.3) is 0 Å². The molecule has 0 aliphatic heterocycles. The minimum Gasteiger partial charge on any atom is -0.464 e. The van der Waals surface area contributed by atoms with E-state index >= 15 is 0 Å². The number of hydrogen-bond acceptors (Lipinski definition) is 3. The Morgan fingerprint density at radius 3 is 2.47 bits per heavy atom. The first-order valence-corrected chi connectivity index (χ1v) is 5.00. The predicted octanol–water partition coefficient (Wildman–Crippen LogP) is 1.51. The molecule has 0 spiro atoms. The molecule has 0 aliphatic carbocycles. The second-order valence-electron chi connectivity index (χ2n) is 4.09. The molecule has 0 saturated heterocycles. The Morgan fingerprint density at radius 2 is 1.93 bits per heavy atom. The highest BCUT2D eigenvalue weighted by molar-refractivity contribution is 5.79. The fraction of sp³-hybridized carbons (Fsp3) is 0.417. The van der Waals surface area contributed by atoms with Gasteiger partial charge in [0, 0.05) is 6.42 Å². The molecule has 0 saturated carbocycles. The molecule has 0 aliphatic rings. The van der Waals surface area contributed by atoms with Gasteiger partial charge >= 0.3 is 5.97 Å². The predicted molar refractivity (Wildman–Crippen MR) is 59.4 cm³/mol. The summed E-state index contributed by atoms with van der Waals surface area (Å²) in [6.07, 6.45) is 0.725. The first-order chi connectivity index (χ1) is 7.00. The minimum absolute atomic E-state index is 0.363. The van der Waals surface area contributed by atoms with E-state index in [4.69, 9.17) is 10.5 Å². The van der Waals surface area contributed by atoms with Crippen LogP contribution in [0.4, 0.5) is 0 Å². The van der Waals surface area contributed by atoms with Crippen LogP contribution in [-0.4, -0.2) is 18.1 Å². The van der Waals surface area contributed by atoms with E-state index in [2.05, 4.69) is 0 Å². The average Bonchev–Trinajstić information content (AvgIpc) is 2.18. The van der Waals surface area contributed by atoms with Crippen LogP contribution in [0.2, 0.25) is 0 Å². The van der Waals surface area contributed by atoms with Crippen LogP contribution in [0.25, 0.3) is 0 Å². The zero-order valence-electron chi connectivity index (χ0n) is 9.19. The van der Waals surface area contributed by atoms with Gasteiger partial charge in [-0.2, -0.15) is 0 Å². The molecular formula is C12H17NO2. The summed E-state index contributed by atoms with van der Waals surface area (Å²) in [7, 11) is 0. The van der Waals surface area contributed by atoms with Gasteiger partial charge in [-0.25, -0.2) is 0 Å². The number of ether oxygens (including phenoxy) is 1. The summed E-state index contributed by atoms with van der Waals surface area (Å²) in [4.78, 5) is 11.3. The number of benzene rings is 1. The molecule has 0 heterocycles. The van der Waals surface area contributed by atoms with E-state index in [9.17, 15) is 4.79 Å². The Kier molecular flexibility index (Phi) is 3.86. The van der Waals surface area contributed by atoms with Crippen molar-refractivity contribution < 1.29 is 9.53 Å². The van der Waals surface area contributed by atoms with Crippen molar-refractivity contribution >= 4 is 5.97 Å². The SMILES string of the molecule is CC(C)(N)C(=O)OCCc1ccccc1. The van der Waals surface area contributed by atoms with Gasteiger partial charge in [0.2, 0.25) is 0 Å². The summed E-state index contributed by atoms with van der Waals surface area (Å²) < 4.78 is 5.05. The highest BCUT2D eigenvalue weighted by atomic mass is 16.5. The molecule has 82 valence electrons. The maximum absolute atomic E-state index is 11.3. The molecule has 0 aromatic heterocycles. The summed E-state index contributed by atoms with van der Waals surface area (Å²) in [5.74, 6) is -0.363. The van der Waals surface area contributed by atoms with Gasteiger partial charge in [-0.1, -0.05) is 30.3 Å². The number of nitrogens with two attached hydrogens (primary N) is 1. The van der Waals surface area contributed by atoms with Crippen LogP contribution in [0, 0.1) is 0 Å². The minimum atomic E-state index is -0.906. The van der Waals surface area contributed by atoms with Gasteiger partial charge in [-0.15, -0.1) is 0 Å². The number of carbonyl (C=O) groups excluding carboxylic acids is 1. The van der Waals surface area contributed by atoms with Crippen LogP contribution < -0.4 is 5.73 Å². The van der Waals surface area contributed by atoms with E-state index in [1.165, 1.54) is 0 Å². The molecule has 0 amide bonds. The Bertz CT molecular complexity index is 314. The van der Waals surface area contributed by atoms with Crippen LogP contribution in [0.5, 0.6) is 0 Å². The molecule has 1 rings (SSSR count). The standard InChI is InChI=1S/C12H17NO2/c1-12(2,13)11(14)15-9-8-10-6-4-3-5-7-10/h3-7H,8-9,13H2,1-2H3. The maximum atomic E-state index is 11.3. The summed E-state index contributed by atoms with van der Waals surface area (Å²) in [5.41, 5.74) is 5.83. The monoisotopic (exact) mass is 207 g/mol. The zero-order valence-corrected chi connectivity index (χ0v) is 9.19. The van der Waals surface area contributed by atoms with Crippen molar-refractivity contribution in [3.63, 3.8) is 0 Å². The lowest BCUT2D eigenvalue weighted by molar-refractivity contribution is -0.148. The lowest BCUT2D eigenvalue weighted by Crippen LogP contribution is -2.43. The normalized spacial score (nSPS) is 11.1. The highest BCUT2D eigenvalue weighted by Crippen LogP contribution is 2.03. The van der Waals surface area contributed by atoms with Crippen LogP contribution in [0.3, 0.4) is 0 Å². The Labute approximate surface area is 90.2 Å². The third kappa shape index (κ3) is 4.13. The molecule has 3 heteroatoms. The quantitative estimate of drug-likeness (QED) is 0.761. The second-order valence-corrected chi connectivity index (χ2v) is 4.09. The van der Waals surface area contributed by atoms with E-state index in [1.54, 1.807) is 13.8 Å². The molecule has 0 radical (unpaired) electrons. The summed E-state index contributed by atoms with van der Waals surface area (Å²) in [6.45, 7) is 3.65. The Balaban J connectivity index is 2.32. The van der Waals surface area contributed by atoms with Crippen molar-refractivity contribution in [2.24, 2.45) is 5.73 Å². The number of rotatable bonds is 4. The maximum Gasteiger partial charge on any atom is 0.325 e. The van der Waals surface area contributed by atoms with Crippen molar-refractivity contribution in [3.05, 3.63) is 35.9 Å². The molecule has 0 atom stereocenters. The largest absolute Gasteiger partial charge is 0.464 e. The molecule has 0 unspecified atom stereocenters. The molecule has 0 fully saturated rings. The second kappa shape index (κ2) is 4.94. The van der Waals surface area contributed by atoms with Gasteiger partial charge in [0.1, 0.15) is 5.54 Å². The molecule has 3 nitrogen and oxygen atoms in total. The molecular weight excluding hydrogens is 190 g/mol. The Morgan fingerprint density at radius 1 is 1.33 bits per heavy atom. The lowest BCUT2D eigenvalue weighted by Gasteiger charge is -2.16. The van der Waals surface area contributed by atoms with Crippen molar-refractivity contribution in [2.75, 3.05) is 6.61 Å². The first kappa shape index (κ1) is 11.7. The van der Waals surface area contributed by atoms with Crippen LogP contribution in [-0.2, 0) is 16.0 Å². The number of hydrogen-bond donors (Lipinski definition) is 1. The molecule has 15 heavy (non-hydrogen) atoms. The Hall–Kier alpha value is -1.35. The van der Waals surface area contributed by atoms with E-state index in [1.807, 2.05) is 30.3 Å². The summed E-state index contributed by atoms with van der Waals surface area (Å²) in [5, 5.41) is 0. The highest BCUT2D eigenvalue weighted by Gasteiger charge is 2.23. The van der Waals surface area contributed by atoms with Crippen LogP contribution >= 0.6 is 0 Å². The molecule has 1 aromatic carbocycles. The lowest BCUT2D eigenvalue weighted by atomic mass is 10.1. The van der Waals surface area contributed by atoms with Gasteiger partial charge in [-0.3, -0.25) is 4.79 Å². The van der Waals surface area contributed by atoms with Crippen LogP contribution in [0.1, 0.15) is 19.4 Å². The van der Waals surface area contributed by atoms with E-state index in [0.717, 1.165) is 12.0 Å². The third-order valence-corrected chi connectivity index (χ3v) is 1.99. The first-order valence-electron chi connectivity index (χ1n) is 5.00. The fourth-order valence-corrected chi connectivity index (χ4v) is 1.09. The molecule has 1 aromatic rings. The van der Waals surface area contributed by atoms with Crippen molar-refractivity contribution in [2.45, 2.75) is 25.8 Å². The van der Waals surface area contributed by atoms with E-state index in [0.29, 0.717) is 6.61 Å². The smallest absolute Gasteiger partial charge is 0.325 e. The number of esters is 1. The van der Waals surface area contributed by atoms with Gasteiger partial charge in [0.15, 0.2) is 0 Å². The van der Waals surface area contributed by atoms with Crippen molar-refractivity contribution in [1.82, 2.24) is 0 Å².